The van der Waals surface area contributed by atoms with Crippen molar-refractivity contribution in [2.45, 2.75) is 19.4 Å². The number of pyridine rings is 1. The van der Waals surface area contributed by atoms with E-state index in [-0.39, 0.29) is 0 Å². The van der Waals surface area contributed by atoms with Crippen molar-refractivity contribution >= 4 is 0 Å². The first-order valence-electron chi connectivity index (χ1n) is 4.65. The summed E-state index contributed by atoms with van der Waals surface area (Å²) in [6.45, 7) is 3.74. The predicted octanol–water partition coefficient (Wildman–Crippen LogP) is 0.561. The summed E-state index contributed by atoms with van der Waals surface area (Å²) in [6.07, 6.45) is 4.70. The van der Waals surface area contributed by atoms with Crippen molar-refractivity contribution < 1.29 is 0 Å². The molecule has 0 aliphatic rings. The van der Waals surface area contributed by atoms with Gasteiger partial charge in [-0.3, -0.25) is 4.98 Å². The number of rotatable bonds is 5. The molecule has 0 bridgehead atoms. The molecule has 0 aliphatic heterocycles. The standard InChI is InChI=1S/C10H17N3/c1-9(7-11)13-6-4-10-3-2-5-12-8-10/h2-3,5,8-9,13H,4,6-7,11H2,1H3. The van der Waals surface area contributed by atoms with Crippen LogP contribution in [0, 0.1) is 0 Å². The summed E-state index contributed by atoms with van der Waals surface area (Å²) < 4.78 is 0. The van der Waals surface area contributed by atoms with Gasteiger partial charge in [0.05, 0.1) is 0 Å². The molecule has 1 unspecified atom stereocenters. The number of hydrogen-bond acceptors (Lipinski definition) is 3. The third-order valence-corrected chi connectivity index (χ3v) is 1.98. The van der Waals surface area contributed by atoms with Gasteiger partial charge in [-0.1, -0.05) is 6.07 Å². The zero-order valence-corrected chi connectivity index (χ0v) is 8.03. The Morgan fingerprint density at radius 2 is 2.46 bits per heavy atom. The minimum atomic E-state index is 0.400. The monoisotopic (exact) mass is 179 g/mol. The summed E-state index contributed by atoms with van der Waals surface area (Å²) >= 11 is 0. The topological polar surface area (TPSA) is 50.9 Å². The van der Waals surface area contributed by atoms with Crippen LogP contribution < -0.4 is 11.1 Å². The molecule has 72 valence electrons. The quantitative estimate of drug-likeness (QED) is 0.694. The number of hydrogen-bond donors (Lipinski definition) is 2. The van der Waals surface area contributed by atoms with Crippen LogP contribution in [0.3, 0.4) is 0 Å². The van der Waals surface area contributed by atoms with Gasteiger partial charge in [-0.2, -0.15) is 0 Å². The highest BCUT2D eigenvalue weighted by Crippen LogP contribution is 1.95. The number of aromatic nitrogens is 1. The molecule has 1 atom stereocenters. The lowest BCUT2D eigenvalue weighted by atomic mass is 10.2. The lowest BCUT2D eigenvalue weighted by Crippen LogP contribution is -2.34. The summed E-state index contributed by atoms with van der Waals surface area (Å²) in [6, 6.07) is 4.44. The van der Waals surface area contributed by atoms with Crippen LogP contribution in [0.2, 0.25) is 0 Å². The zero-order chi connectivity index (χ0) is 9.52. The molecule has 1 heterocycles. The molecule has 1 aromatic heterocycles. The molecule has 3 nitrogen and oxygen atoms in total. The fourth-order valence-corrected chi connectivity index (χ4v) is 1.09. The Bertz CT molecular complexity index is 223. The molecule has 0 spiro atoms. The molecule has 3 N–H and O–H groups in total. The summed E-state index contributed by atoms with van der Waals surface area (Å²) in [4.78, 5) is 4.05. The van der Waals surface area contributed by atoms with Crippen molar-refractivity contribution in [3.8, 4) is 0 Å². The first-order chi connectivity index (χ1) is 6.33. The molecular weight excluding hydrogens is 162 g/mol. The van der Waals surface area contributed by atoms with Crippen molar-refractivity contribution in [2.75, 3.05) is 13.1 Å². The van der Waals surface area contributed by atoms with E-state index in [0.717, 1.165) is 13.0 Å². The molecule has 1 aromatic rings. The summed E-state index contributed by atoms with van der Waals surface area (Å²) in [5.41, 5.74) is 6.74. The average molecular weight is 179 g/mol. The Kier molecular flexibility index (Phi) is 4.43. The van der Waals surface area contributed by atoms with E-state index in [0.29, 0.717) is 12.6 Å². The number of nitrogens with two attached hydrogens (primary N) is 1. The molecule has 0 aromatic carbocycles. The maximum absolute atomic E-state index is 5.48. The molecule has 13 heavy (non-hydrogen) atoms. The van der Waals surface area contributed by atoms with Gasteiger partial charge in [0.2, 0.25) is 0 Å². The minimum absolute atomic E-state index is 0.400. The third-order valence-electron chi connectivity index (χ3n) is 1.98. The van der Waals surface area contributed by atoms with Crippen LogP contribution in [0.5, 0.6) is 0 Å². The van der Waals surface area contributed by atoms with Gasteiger partial charge in [0, 0.05) is 25.0 Å². The Balaban J connectivity index is 2.20. The second-order valence-corrected chi connectivity index (χ2v) is 3.20. The van der Waals surface area contributed by atoms with Crippen LogP contribution in [0.15, 0.2) is 24.5 Å². The van der Waals surface area contributed by atoms with E-state index in [1.54, 1.807) is 6.20 Å². The van der Waals surface area contributed by atoms with Crippen molar-refractivity contribution in [2.24, 2.45) is 5.73 Å². The Morgan fingerprint density at radius 1 is 1.62 bits per heavy atom. The van der Waals surface area contributed by atoms with E-state index in [1.165, 1.54) is 5.56 Å². The molecular formula is C10H17N3. The predicted molar refractivity (Wildman–Crippen MR) is 54.5 cm³/mol. The van der Waals surface area contributed by atoms with Crippen LogP contribution in [0.1, 0.15) is 12.5 Å². The summed E-state index contributed by atoms with van der Waals surface area (Å²) in [5, 5.41) is 3.33. The number of nitrogens with one attached hydrogen (secondary N) is 1. The molecule has 0 aliphatic carbocycles. The first-order valence-corrected chi connectivity index (χ1v) is 4.65. The Morgan fingerprint density at radius 3 is 3.08 bits per heavy atom. The number of nitrogens with zero attached hydrogens (tertiary/aromatic N) is 1. The molecule has 1 rings (SSSR count). The van der Waals surface area contributed by atoms with Crippen LogP contribution in [0.4, 0.5) is 0 Å². The van der Waals surface area contributed by atoms with E-state index in [9.17, 15) is 0 Å². The maximum Gasteiger partial charge on any atom is 0.0300 e. The van der Waals surface area contributed by atoms with Crippen LogP contribution >= 0.6 is 0 Å². The fraction of sp³-hybridized carbons (Fsp3) is 0.500. The highest BCUT2D eigenvalue weighted by molar-refractivity contribution is 5.08. The van der Waals surface area contributed by atoms with Gasteiger partial charge in [-0.05, 0) is 31.5 Å². The fourth-order valence-electron chi connectivity index (χ4n) is 1.09. The van der Waals surface area contributed by atoms with E-state index in [2.05, 4.69) is 23.3 Å². The van der Waals surface area contributed by atoms with Gasteiger partial charge in [-0.25, -0.2) is 0 Å². The van der Waals surface area contributed by atoms with Gasteiger partial charge < -0.3 is 11.1 Å². The summed E-state index contributed by atoms with van der Waals surface area (Å²) in [5.74, 6) is 0. The van der Waals surface area contributed by atoms with Gasteiger partial charge in [0.25, 0.3) is 0 Å². The average Bonchev–Trinajstić information content (AvgIpc) is 2.19. The van der Waals surface area contributed by atoms with E-state index >= 15 is 0 Å². The smallest absolute Gasteiger partial charge is 0.0300 e. The van der Waals surface area contributed by atoms with Gasteiger partial charge >= 0.3 is 0 Å². The molecule has 0 radical (unpaired) electrons. The minimum Gasteiger partial charge on any atom is -0.329 e. The molecule has 0 amide bonds. The second-order valence-electron chi connectivity index (χ2n) is 3.20. The summed E-state index contributed by atoms with van der Waals surface area (Å²) in [7, 11) is 0. The van der Waals surface area contributed by atoms with Gasteiger partial charge in [0.15, 0.2) is 0 Å². The van der Waals surface area contributed by atoms with Gasteiger partial charge in [0.1, 0.15) is 0 Å². The van der Waals surface area contributed by atoms with Crippen LogP contribution in [0.25, 0.3) is 0 Å². The van der Waals surface area contributed by atoms with Crippen molar-refractivity contribution in [3.05, 3.63) is 30.1 Å². The van der Waals surface area contributed by atoms with Crippen molar-refractivity contribution in [1.82, 2.24) is 10.3 Å². The first kappa shape index (κ1) is 10.2. The van der Waals surface area contributed by atoms with E-state index in [1.807, 2.05) is 12.3 Å². The largest absolute Gasteiger partial charge is 0.329 e. The van der Waals surface area contributed by atoms with E-state index in [4.69, 9.17) is 5.73 Å². The second kappa shape index (κ2) is 5.67. The lowest BCUT2D eigenvalue weighted by Gasteiger charge is -2.10. The van der Waals surface area contributed by atoms with Crippen molar-refractivity contribution in [1.29, 1.82) is 0 Å². The van der Waals surface area contributed by atoms with Crippen LogP contribution in [-0.2, 0) is 6.42 Å². The molecule has 0 fully saturated rings. The Labute approximate surface area is 79.4 Å². The SMILES string of the molecule is CC(CN)NCCc1cccnc1. The lowest BCUT2D eigenvalue weighted by molar-refractivity contribution is 0.559. The highest BCUT2D eigenvalue weighted by atomic mass is 14.9. The zero-order valence-electron chi connectivity index (χ0n) is 8.03. The van der Waals surface area contributed by atoms with E-state index < -0.39 is 0 Å². The normalized spacial score (nSPS) is 12.8. The van der Waals surface area contributed by atoms with Crippen LogP contribution in [-0.4, -0.2) is 24.1 Å². The molecule has 0 saturated carbocycles. The molecule has 0 saturated heterocycles. The third kappa shape index (κ3) is 4.01. The maximum atomic E-state index is 5.48. The Hall–Kier alpha value is -0.930. The van der Waals surface area contributed by atoms with Crippen molar-refractivity contribution in [3.63, 3.8) is 0 Å². The van der Waals surface area contributed by atoms with Gasteiger partial charge in [-0.15, -0.1) is 0 Å². The molecule has 3 heteroatoms. The highest BCUT2D eigenvalue weighted by Gasteiger charge is 1.96.